The number of ether oxygens (including phenoxy) is 2. The highest BCUT2D eigenvalue weighted by molar-refractivity contribution is 9.10. The van der Waals surface area contributed by atoms with Gasteiger partial charge in [-0.1, -0.05) is 28.1 Å². The van der Waals surface area contributed by atoms with E-state index in [9.17, 15) is 0 Å². The number of nitrogens with one attached hydrogen (secondary N) is 1. The van der Waals surface area contributed by atoms with Crippen molar-refractivity contribution in [2.75, 3.05) is 14.2 Å². The number of hydrogen-bond acceptors (Lipinski definition) is 4. The standard InChI is InChI=1S/C19H16BrN3O2/c1-24-17-8-13-14(9-18(17)25-2)16(22-19-15(13)10-21-23-19)7-11-4-3-5-12(20)6-11/h3-6,8-10H,7H2,1-2H3,(H,21,22,23). The Bertz CT molecular complexity index is 1080. The van der Waals surface area contributed by atoms with Crippen molar-refractivity contribution in [2.45, 2.75) is 6.42 Å². The zero-order chi connectivity index (χ0) is 17.4. The van der Waals surface area contributed by atoms with Crippen LogP contribution in [0.4, 0.5) is 0 Å². The second-order valence-corrected chi connectivity index (χ2v) is 6.67. The van der Waals surface area contributed by atoms with Gasteiger partial charge in [0, 0.05) is 27.1 Å². The first kappa shape index (κ1) is 15.9. The third-order valence-electron chi connectivity index (χ3n) is 4.25. The molecule has 0 atom stereocenters. The lowest BCUT2D eigenvalue weighted by atomic mass is 10.0. The van der Waals surface area contributed by atoms with Crippen LogP contribution < -0.4 is 9.47 Å². The van der Waals surface area contributed by atoms with Gasteiger partial charge in [-0.3, -0.25) is 5.10 Å². The molecular formula is C19H16BrN3O2. The van der Waals surface area contributed by atoms with Gasteiger partial charge in [-0.2, -0.15) is 5.10 Å². The first-order valence-corrected chi connectivity index (χ1v) is 8.61. The molecule has 0 amide bonds. The van der Waals surface area contributed by atoms with Crippen LogP contribution >= 0.6 is 15.9 Å². The molecule has 4 rings (SSSR count). The molecule has 0 radical (unpaired) electrons. The number of nitrogens with zero attached hydrogens (tertiary/aromatic N) is 2. The first-order chi connectivity index (χ1) is 12.2. The molecule has 2 heterocycles. The molecule has 0 aliphatic heterocycles. The van der Waals surface area contributed by atoms with Gasteiger partial charge in [0.1, 0.15) is 0 Å². The van der Waals surface area contributed by atoms with Crippen molar-refractivity contribution in [2.24, 2.45) is 0 Å². The van der Waals surface area contributed by atoms with E-state index in [0.717, 1.165) is 32.0 Å². The van der Waals surface area contributed by atoms with Gasteiger partial charge in [0.15, 0.2) is 17.1 Å². The summed E-state index contributed by atoms with van der Waals surface area (Å²) in [6.07, 6.45) is 2.50. The van der Waals surface area contributed by atoms with Gasteiger partial charge in [0.05, 0.1) is 26.1 Å². The maximum Gasteiger partial charge on any atom is 0.161 e. The Kier molecular flexibility index (Phi) is 4.05. The highest BCUT2D eigenvalue weighted by atomic mass is 79.9. The van der Waals surface area contributed by atoms with Gasteiger partial charge < -0.3 is 9.47 Å². The Morgan fingerprint density at radius 3 is 2.48 bits per heavy atom. The molecule has 0 saturated carbocycles. The number of aromatic nitrogens is 3. The third-order valence-corrected chi connectivity index (χ3v) is 4.74. The molecule has 0 aliphatic rings. The monoisotopic (exact) mass is 397 g/mol. The van der Waals surface area contributed by atoms with Crippen LogP contribution in [0.15, 0.2) is 47.1 Å². The van der Waals surface area contributed by atoms with E-state index in [2.05, 4.69) is 38.3 Å². The van der Waals surface area contributed by atoms with E-state index in [1.807, 2.05) is 24.3 Å². The molecule has 2 aromatic heterocycles. The van der Waals surface area contributed by atoms with Gasteiger partial charge in [-0.05, 0) is 29.8 Å². The number of fused-ring (bicyclic) bond motifs is 3. The molecule has 0 bridgehead atoms. The molecule has 2 aromatic carbocycles. The highest BCUT2D eigenvalue weighted by Crippen LogP contribution is 2.36. The van der Waals surface area contributed by atoms with Crippen molar-refractivity contribution < 1.29 is 9.47 Å². The predicted octanol–water partition coefficient (Wildman–Crippen LogP) is 4.48. The molecule has 0 spiro atoms. The van der Waals surface area contributed by atoms with Crippen molar-refractivity contribution in [3.63, 3.8) is 0 Å². The third kappa shape index (κ3) is 2.82. The number of halogens is 1. The van der Waals surface area contributed by atoms with Crippen LogP contribution in [0.3, 0.4) is 0 Å². The summed E-state index contributed by atoms with van der Waals surface area (Å²) >= 11 is 3.53. The maximum atomic E-state index is 5.48. The molecular weight excluding hydrogens is 382 g/mol. The van der Waals surface area contributed by atoms with Gasteiger partial charge >= 0.3 is 0 Å². The van der Waals surface area contributed by atoms with E-state index in [4.69, 9.17) is 14.5 Å². The molecule has 6 heteroatoms. The van der Waals surface area contributed by atoms with Gasteiger partial charge in [-0.25, -0.2) is 4.98 Å². The molecule has 1 N–H and O–H groups in total. The van der Waals surface area contributed by atoms with Crippen LogP contribution in [-0.2, 0) is 6.42 Å². The molecule has 5 nitrogen and oxygen atoms in total. The molecule has 126 valence electrons. The summed E-state index contributed by atoms with van der Waals surface area (Å²) in [4.78, 5) is 4.79. The number of rotatable bonds is 4. The fourth-order valence-corrected chi connectivity index (χ4v) is 3.52. The van der Waals surface area contributed by atoms with Crippen molar-refractivity contribution in [3.05, 3.63) is 58.3 Å². The zero-order valence-electron chi connectivity index (χ0n) is 13.8. The summed E-state index contributed by atoms with van der Waals surface area (Å²) in [5, 5.41) is 10.2. The van der Waals surface area contributed by atoms with Crippen LogP contribution in [0, 0.1) is 0 Å². The minimum Gasteiger partial charge on any atom is -0.493 e. The molecule has 0 saturated heterocycles. The predicted molar refractivity (Wildman–Crippen MR) is 101 cm³/mol. The molecule has 0 unspecified atom stereocenters. The van der Waals surface area contributed by atoms with Crippen LogP contribution in [-0.4, -0.2) is 29.4 Å². The average molecular weight is 398 g/mol. The topological polar surface area (TPSA) is 60.0 Å². The lowest BCUT2D eigenvalue weighted by molar-refractivity contribution is 0.356. The summed E-state index contributed by atoms with van der Waals surface area (Å²) < 4.78 is 12.0. The van der Waals surface area contributed by atoms with E-state index in [1.165, 1.54) is 5.56 Å². The van der Waals surface area contributed by atoms with Crippen molar-refractivity contribution in [1.82, 2.24) is 15.2 Å². The molecule has 4 aromatic rings. The van der Waals surface area contributed by atoms with Crippen LogP contribution in [0.5, 0.6) is 11.5 Å². The quantitative estimate of drug-likeness (QED) is 0.551. The molecule has 0 aliphatic carbocycles. The van der Waals surface area contributed by atoms with Crippen molar-refractivity contribution in [1.29, 1.82) is 0 Å². The maximum absolute atomic E-state index is 5.48. The van der Waals surface area contributed by atoms with E-state index in [1.54, 1.807) is 20.4 Å². The number of methoxy groups -OCH3 is 2. The Hall–Kier alpha value is -2.60. The number of benzene rings is 2. The first-order valence-electron chi connectivity index (χ1n) is 7.81. The van der Waals surface area contributed by atoms with Gasteiger partial charge in [0.2, 0.25) is 0 Å². The van der Waals surface area contributed by atoms with Gasteiger partial charge in [0.25, 0.3) is 0 Å². The number of pyridine rings is 1. The summed E-state index contributed by atoms with van der Waals surface area (Å²) in [7, 11) is 3.28. The lowest BCUT2D eigenvalue weighted by Crippen LogP contribution is -1.97. The summed E-state index contributed by atoms with van der Waals surface area (Å²) in [6.45, 7) is 0. The number of aromatic amines is 1. The summed E-state index contributed by atoms with van der Waals surface area (Å²) in [5.41, 5.74) is 2.91. The molecule has 25 heavy (non-hydrogen) atoms. The van der Waals surface area contributed by atoms with E-state index >= 15 is 0 Å². The van der Waals surface area contributed by atoms with Crippen LogP contribution in [0.1, 0.15) is 11.3 Å². The number of H-pyrrole nitrogens is 1. The minimum atomic E-state index is 0.690. The lowest BCUT2D eigenvalue weighted by Gasteiger charge is -2.12. The van der Waals surface area contributed by atoms with Gasteiger partial charge in [-0.15, -0.1) is 0 Å². The fourth-order valence-electron chi connectivity index (χ4n) is 3.07. The Morgan fingerprint density at radius 1 is 1.00 bits per heavy atom. The summed E-state index contributed by atoms with van der Waals surface area (Å²) in [5.74, 6) is 1.38. The summed E-state index contributed by atoms with van der Waals surface area (Å²) in [6, 6.07) is 12.2. The molecule has 0 fully saturated rings. The smallest absolute Gasteiger partial charge is 0.161 e. The fraction of sp³-hybridized carbons (Fsp3) is 0.158. The minimum absolute atomic E-state index is 0.690. The largest absolute Gasteiger partial charge is 0.493 e. The average Bonchev–Trinajstić information content (AvgIpc) is 3.09. The van der Waals surface area contributed by atoms with E-state index in [0.29, 0.717) is 17.9 Å². The zero-order valence-corrected chi connectivity index (χ0v) is 15.4. The van der Waals surface area contributed by atoms with Crippen LogP contribution in [0.25, 0.3) is 21.8 Å². The SMILES string of the molecule is COc1cc2c(Cc3cccc(Br)c3)nc3[nH]ncc3c2cc1OC. The highest BCUT2D eigenvalue weighted by Gasteiger charge is 2.15. The van der Waals surface area contributed by atoms with Crippen LogP contribution in [0.2, 0.25) is 0 Å². The normalized spacial score (nSPS) is 11.2. The van der Waals surface area contributed by atoms with E-state index < -0.39 is 0 Å². The van der Waals surface area contributed by atoms with E-state index in [-0.39, 0.29) is 0 Å². The second kappa shape index (κ2) is 6.37. The number of hydrogen-bond donors (Lipinski definition) is 1. The Balaban J connectivity index is 1.97. The van der Waals surface area contributed by atoms with Crippen molar-refractivity contribution in [3.8, 4) is 11.5 Å². The Morgan fingerprint density at radius 2 is 1.76 bits per heavy atom. The van der Waals surface area contributed by atoms with Crippen molar-refractivity contribution >= 4 is 37.7 Å². The second-order valence-electron chi connectivity index (χ2n) is 5.75. The Labute approximate surface area is 153 Å².